The first-order valence-electron chi connectivity index (χ1n) is 7.90. The van der Waals surface area contributed by atoms with E-state index in [1.807, 2.05) is 19.9 Å². The van der Waals surface area contributed by atoms with Crippen molar-refractivity contribution in [3.63, 3.8) is 0 Å². The van der Waals surface area contributed by atoms with E-state index in [-0.39, 0.29) is 5.91 Å². The summed E-state index contributed by atoms with van der Waals surface area (Å²) in [6, 6.07) is 14.0. The lowest BCUT2D eigenvalue weighted by molar-refractivity contribution is 0.102. The first-order chi connectivity index (χ1) is 12.4. The molecule has 1 aromatic heterocycles. The average molecular weight is 387 g/mol. The normalized spacial score (nSPS) is 10.5. The number of rotatable bonds is 4. The highest BCUT2D eigenvalue weighted by atomic mass is 35.5. The Morgan fingerprint density at radius 2 is 1.81 bits per heavy atom. The van der Waals surface area contributed by atoms with Crippen LogP contribution in [0.4, 0.5) is 5.69 Å². The number of anilines is 1. The van der Waals surface area contributed by atoms with Gasteiger partial charge in [-0.25, -0.2) is 4.98 Å². The van der Waals surface area contributed by atoms with Gasteiger partial charge in [-0.2, -0.15) is 0 Å². The summed E-state index contributed by atoms with van der Waals surface area (Å²) in [6.07, 6.45) is 1.54. The summed E-state index contributed by atoms with van der Waals surface area (Å²) in [7, 11) is 0. The molecular weight excluding hydrogens is 371 g/mol. The van der Waals surface area contributed by atoms with Crippen molar-refractivity contribution in [3.8, 4) is 11.6 Å². The Morgan fingerprint density at radius 3 is 2.50 bits per heavy atom. The van der Waals surface area contributed by atoms with Crippen molar-refractivity contribution in [3.05, 3.63) is 81.5 Å². The van der Waals surface area contributed by atoms with Gasteiger partial charge in [0.15, 0.2) is 0 Å². The van der Waals surface area contributed by atoms with E-state index >= 15 is 0 Å². The third kappa shape index (κ3) is 4.15. The maximum Gasteiger partial charge on any atom is 0.257 e. The van der Waals surface area contributed by atoms with Crippen LogP contribution < -0.4 is 10.1 Å². The minimum atomic E-state index is -0.293. The summed E-state index contributed by atoms with van der Waals surface area (Å²) in [6.45, 7) is 3.77. The molecule has 0 aliphatic carbocycles. The van der Waals surface area contributed by atoms with Crippen molar-refractivity contribution in [2.24, 2.45) is 0 Å². The molecule has 0 atom stereocenters. The van der Waals surface area contributed by atoms with Crippen LogP contribution in [0.5, 0.6) is 11.6 Å². The number of ether oxygens (including phenoxy) is 1. The molecule has 6 heteroatoms. The van der Waals surface area contributed by atoms with Gasteiger partial charge < -0.3 is 10.1 Å². The molecule has 0 aliphatic rings. The van der Waals surface area contributed by atoms with Gasteiger partial charge in [-0.15, -0.1) is 0 Å². The van der Waals surface area contributed by atoms with Gasteiger partial charge in [0.25, 0.3) is 5.91 Å². The van der Waals surface area contributed by atoms with Crippen LogP contribution in [0.3, 0.4) is 0 Å². The highest BCUT2D eigenvalue weighted by Crippen LogP contribution is 2.29. The Hall–Kier alpha value is -2.56. The number of hydrogen-bond donors (Lipinski definition) is 1. The standard InChI is InChI=1S/C20H16Cl2N2O2/c1-12-9-14(21)7-8-18(12)26-20-13(2)10-15(11-23-20)24-19(25)16-5-3-4-6-17(16)22/h3-11H,1-2H3,(H,24,25). The van der Waals surface area contributed by atoms with E-state index in [1.54, 1.807) is 48.7 Å². The largest absolute Gasteiger partial charge is 0.438 e. The van der Waals surface area contributed by atoms with Crippen molar-refractivity contribution >= 4 is 34.8 Å². The molecule has 132 valence electrons. The molecule has 1 N–H and O–H groups in total. The van der Waals surface area contributed by atoms with E-state index in [0.717, 1.165) is 11.1 Å². The van der Waals surface area contributed by atoms with E-state index in [4.69, 9.17) is 27.9 Å². The van der Waals surface area contributed by atoms with E-state index in [0.29, 0.717) is 32.9 Å². The fourth-order valence-electron chi connectivity index (χ4n) is 2.41. The molecule has 3 aromatic rings. The molecule has 3 rings (SSSR count). The molecule has 2 aromatic carbocycles. The lowest BCUT2D eigenvalue weighted by Crippen LogP contribution is -2.12. The minimum absolute atomic E-state index is 0.293. The fourth-order valence-corrected chi connectivity index (χ4v) is 2.86. The number of benzene rings is 2. The molecule has 26 heavy (non-hydrogen) atoms. The first-order valence-corrected chi connectivity index (χ1v) is 8.66. The van der Waals surface area contributed by atoms with Gasteiger partial charge in [-0.1, -0.05) is 35.3 Å². The summed E-state index contributed by atoms with van der Waals surface area (Å²) in [5, 5.41) is 3.84. The predicted octanol–water partition coefficient (Wildman–Crippen LogP) is 6.05. The van der Waals surface area contributed by atoms with Gasteiger partial charge in [-0.3, -0.25) is 4.79 Å². The van der Waals surface area contributed by atoms with Gasteiger partial charge >= 0.3 is 0 Å². The highest BCUT2D eigenvalue weighted by Gasteiger charge is 2.12. The molecule has 0 saturated carbocycles. The van der Waals surface area contributed by atoms with Gasteiger partial charge in [0.2, 0.25) is 5.88 Å². The van der Waals surface area contributed by atoms with Crippen molar-refractivity contribution in [2.45, 2.75) is 13.8 Å². The van der Waals surface area contributed by atoms with Gasteiger partial charge in [-0.05, 0) is 55.8 Å². The molecule has 1 amide bonds. The monoisotopic (exact) mass is 386 g/mol. The molecule has 0 saturated heterocycles. The van der Waals surface area contributed by atoms with Crippen LogP contribution in [0, 0.1) is 13.8 Å². The fraction of sp³-hybridized carbons (Fsp3) is 0.100. The molecule has 0 bridgehead atoms. The van der Waals surface area contributed by atoms with Crippen molar-refractivity contribution < 1.29 is 9.53 Å². The lowest BCUT2D eigenvalue weighted by Gasteiger charge is -2.12. The zero-order valence-electron chi connectivity index (χ0n) is 14.2. The Morgan fingerprint density at radius 1 is 1.04 bits per heavy atom. The van der Waals surface area contributed by atoms with Crippen molar-refractivity contribution in [1.82, 2.24) is 4.98 Å². The third-order valence-corrected chi connectivity index (χ3v) is 4.31. The number of carbonyl (C=O) groups excluding carboxylic acids is 1. The average Bonchev–Trinajstić information content (AvgIpc) is 2.59. The molecule has 1 heterocycles. The molecular formula is C20H16Cl2N2O2. The summed E-state index contributed by atoms with van der Waals surface area (Å²) in [4.78, 5) is 16.6. The number of nitrogens with one attached hydrogen (secondary N) is 1. The Bertz CT molecular complexity index is 974. The minimum Gasteiger partial charge on any atom is -0.438 e. The second-order valence-electron chi connectivity index (χ2n) is 5.79. The summed E-state index contributed by atoms with van der Waals surface area (Å²) in [5.74, 6) is 0.850. The molecule has 0 unspecified atom stereocenters. The quantitative estimate of drug-likeness (QED) is 0.593. The number of aromatic nitrogens is 1. The zero-order valence-corrected chi connectivity index (χ0v) is 15.7. The Balaban J connectivity index is 1.77. The second kappa shape index (κ2) is 7.77. The van der Waals surface area contributed by atoms with Crippen LogP contribution in [0.25, 0.3) is 0 Å². The van der Waals surface area contributed by atoms with Crippen LogP contribution in [-0.2, 0) is 0 Å². The van der Waals surface area contributed by atoms with E-state index < -0.39 is 0 Å². The van der Waals surface area contributed by atoms with Crippen LogP contribution in [0.1, 0.15) is 21.5 Å². The highest BCUT2D eigenvalue weighted by molar-refractivity contribution is 6.34. The number of pyridine rings is 1. The van der Waals surface area contributed by atoms with Gasteiger partial charge in [0.05, 0.1) is 22.5 Å². The van der Waals surface area contributed by atoms with E-state index in [2.05, 4.69) is 10.3 Å². The molecule has 0 radical (unpaired) electrons. The van der Waals surface area contributed by atoms with Crippen molar-refractivity contribution in [2.75, 3.05) is 5.32 Å². The zero-order chi connectivity index (χ0) is 18.7. The van der Waals surface area contributed by atoms with Crippen LogP contribution in [-0.4, -0.2) is 10.9 Å². The van der Waals surface area contributed by atoms with Gasteiger partial charge in [0.1, 0.15) is 5.75 Å². The molecule has 0 aliphatic heterocycles. The van der Waals surface area contributed by atoms with E-state index in [9.17, 15) is 4.79 Å². The molecule has 0 fully saturated rings. The smallest absolute Gasteiger partial charge is 0.257 e. The maximum absolute atomic E-state index is 12.3. The number of aryl methyl sites for hydroxylation is 2. The third-order valence-electron chi connectivity index (χ3n) is 3.75. The maximum atomic E-state index is 12.3. The van der Waals surface area contributed by atoms with E-state index in [1.165, 1.54) is 0 Å². The first kappa shape index (κ1) is 18.2. The van der Waals surface area contributed by atoms with Gasteiger partial charge in [0, 0.05) is 10.6 Å². The second-order valence-corrected chi connectivity index (χ2v) is 6.64. The summed E-state index contributed by atoms with van der Waals surface area (Å²) in [5.41, 5.74) is 2.67. The Kier molecular flexibility index (Phi) is 5.45. The molecule has 0 spiro atoms. The number of nitrogens with zero attached hydrogens (tertiary/aromatic N) is 1. The number of hydrogen-bond acceptors (Lipinski definition) is 3. The lowest BCUT2D eigenvalue weighted by atomic mass is 10.2. The number of carbonyl (C=O) groups is 1. The molecule has 4 nitrogen and oxygen atoms in total. The van der Waals surface area contributed by atoms with Crippen molar-refractivity contribution in [1.29, 1.82) is 0 Å². The van der Waals surface area contributed by atoms with Crippen LogP contribution in [0.15, 0.2) is 54.7 Å². The predicted molar refractivity (Wildman–Crippen MR) is 105 cm³/mol. The summed E-state index contributed by atoms with van der Waals surface area (Å²) < 4.78 is 5.86. The SMILES string of the molecule is Cc1cc(Cl)ccc1Oc1ncc(NC(=O)c2ccccc2Cl)cc1C. The number of amides is 1. The Labute approximate surface area is 161 Å². The number of halogens is 2. The topological polar surface area (TPSA) is 51.2 Å². The van der Waals surface area contributed by atoms with Crippen LogP contribution in [0.2, 0.25) is 10.0 Å². The van der Waals surface area contributed by atoms with Crippen LogP contribution >= 0.6 is 23.2 Å². The summed E-state index contributed by atoms with van der Waals surface area (Å²) >= 11 is 12.0.